The average molecular weight is 311 g/mol. The molecule has 0 amide bonds. The van der Waals surface area contributed by atoms with E-state index in [0.717, 1.165) is 12.5 Å². The number of benzene rings is 1. The molecule has 1 atom stereocenters. The van der Waals surface area contributed by atoms with Gasteiger partial charge in [0.05, 0.1) is 17.1 Å². The van der Waals surface area contributed by atoms with Crippen LogP contribution in [0.5, 0.6) is 0 Å². The van der Waals surface area contributed by atoms with Crippen LogP contribution in [-0.4, -0.2) is 37.5 Å². The van der Waals surface area contributed by atoms with Crippen LogP contribution in [0, 0.1) is 23.6 Å². The van der Waals surface area contributed by atoms with Crippen molar-refractivity contribution in [2.45, 2.75) is 24.7 Å². The molecule has 1 saturated heterocycles. The van der Waals surface area contributed by atoms with Gasteiger partial charge in [0.15, 0.2) is 0 Å². The van der Waals surface area contributed by atoms with Crippen LogP contribution >= 0.6 is 0 Å². The third-order valence-corrected chi connectivity index (χ3v) is 5.29. The molecule has 1 heterocycles. The Bertz CT molecular complexity index is 676. The molecule has 1 unspecified atom stereocenters. The summed E-state index contributed by atoms with van der Waals surface area (Å²) in [5, 5.41) is 8.63. The van der Waals surface area contributed by atoms with Crippen molar-refractivity contribution >= 4 is 10.0 Å². The smallest absolute Gasteiger partial charge is 0.243 e. The maximum absolute atomic E-state index is 13.9. The van der Waals surface area contributed by atoms with Crippen molar-refractivity contribution in [1.82, 2.24) is 4.31 Å². The van der Waals surface area contributed by atoms with Gasteiger partial charge in [-0.05, 0) is 30.5 Å². The van der Waals surface area contributed by atoms with E-state index in [2.05, 4.69) is 11.8 Å². The highest BCUT2D eigenvalue weighted by Crippen LogP contribution is 2.24. The zero-order chi connectivity index (χ0) is 15.5. The predicted molar refractivity (Wildman–Crippen MR) is 77.5 cm³/mol. The zero-order valence-electron chi connectivity index (χ0n) is 11.8. The molecule has 0 aliphatic carbocycles. The molecule has 0 spiro atoms. The van der Waals surface area contributed by atoms with Gasteiger partial charge < -0.3 is 5.11 Å². The van der Waals surface area contributed by atoms with Crippen molar-refractivity contribution < 1.29 is 17.9 Å². The maximum atomic E-state index is 13.9. The summed E-state index contributed by atoms with van der Waals surface area (Å²) in [4.78, 5) is -0.0400. The molecule has 2 rings (SSSR count). The molecule has 0 aromatic heterocycles. The normalized spacial score (nSPS) is 19.3. The number of hydrogen-bond acceptors (Lipinski definition) is 3. The second kappa shape index (κ2) is 6.56. The lowest BCUT2D eigenvalue weighted by Crippen LogP contribution is -2.28. The fraction of sp³-hybridized carbons (Fsp3) is 0.467. The Balaban J connectivity index is 2.26. The third kappa shape index (κ3) is 3.62. The molecule has 0 saturated carbocycles. The van der Waals surface area contributed by atoms with Crippen LogP contribution < -0.4 is 0 Å². The molecule has 114 valence electrons. The Kier molecular flexibility index (Phi) is 4.99. The van der Waals surface area contributed by atoms with Crippen LogP contribution in [-0.2, 0) is 10.0 Å². The number of rotatable bonds is 3. The fourth-order valence-electron chi connectivity index (χ4n) is 2.23. The van der Waals surface area contributed by atoms with E-state index in [9.17, 15) is 12.8 Å². The first-order valence-electron chi connectivity index (χ1n) is 6.84. The van der Waals surface area contributed by atoms with E-state index >= 15 is 0 Å². The Morgan fingerprint density at radius 3 is 2.81 bits per heavy atom. The molecular formula is C15H18FNO3S. The van der Waals surface area contributed by atoms with Gasteiger partial charge in [-0.15, -0.1) is 0 Å². The molecule has 4 nitrogen and oxygen atoms in total. The molecule has 0 radical (unpaired) electrons. The molecule has 1 aromatic rings. The van der Waals surface area contributed by atoms with E-state index in [4.69, 9.17) is 5.11 Å². The van der Waals surface area contributed by atoms with Gasteiger partial charge in [-0.3, -0.25) is 0 Å². The van der Waals surface area contributed by atoms with Crippen molar-refractivity contribution in [1.29, 1.82) is 0 Å². The standard InChI is InChI=1S/C15H18FNO3S/c1-12-7-8-17(11-12)21(19,20)14-6-5-13(15(16)10-14)4-2-3-9-18/h5-6,10,12,18H,3,7-9,11H2,1H3. The van der Waals surface area contributed by atoms with E-state index in [1.807, 2.05) is 6.92 Å². The van der Waals surface area contributed by atoms with Crippen LogP contribution in [0.3, 0.4) is 0 Å². The van der Waals surface area contributed by atoms with Crippen LogP contribution in [0.15, 0.2) is 23.1 Å². The topological polar surface area (TPSA) is 57.6 Å². The van der Waals surface area contributed by atoms with E-state index in [1.165, 1.54) is 16.4 Å². The first-order valence-corrected chi connectivity index (χ1v) is 8.28. The van der Waals surface area contributed by atoms with Crippen molar-refractivity contribution in [3.05, 3.63) is 29.6 Å². The lowest BCUT2D eigenvalue weighted by molar-refractivity contribution is 0.305. The van der Waals surface area contributed by atoms with Crippen LogP contribution in [0.1, 0.15) is 25.3 Å². The molecule has 6 heteroatoms. The number of sulfonamides is 1. The quantitative estimate of drug-likeness (QED) is 0.863. The second-order valence-corrected chi connectivity index (χ2v) is 7.11. The summed E-state index contributed by atoms with van der Waals surface area (Å²) < 4.78 is 40.1. The highest BCUT2D eigenvalue weighted by atomic mass is 32.2. The molecule has 0 bridgehead atoms. The highest BCUT2D eigenvalue weighted by molar-refractivity contribution is 7.89. The van der Waals surface area contributed by atoms with Gasteiger partial charge in [0.25, 0.3) is 0 Å². The monoisotopic (exact) mass is 311 g/mol. The lowest BCUT2D eigenvalue weighted by atomic mass is 10.2. The maximum Gasteiger partial charge on any atom is 0.243 e. The number of aliphatic hydroxyl groups is 1. The van der Waals surface area contributed by atoms with E-state index in [1.54, 1.807) is 0 Å². The molecule has 1 fully saturated rings. The zero-order valence-corrected chi connectivity index (χ0v) is 12.7. The SMILES string of the molecule is CC1CCN(S(=O)(=O)c2ccc(C#CCCO)c(F)c2)C1. The summed E-state index contributed by atoms with van der Waals surface area (Å²) >= 11 is 0. The first-order chi connectivity index (χ1) is 9.95. The third-order valence-electron chi connectivity index (χ3n) is 3.42. The van der Waals surface area contributed by atoms with Gasteiger partial charge in [0, 0.05) is 19.5 Å². The summed E-state index contributed by atoms with van der Waals surface area (Å²) in [5.74, 6) is 4.86. The molecule has 1 aliphatic heterocycles. The van der Waals surface area contributed by atoms with E-state index < -0.39 is 15.8 Å². The van der Waals surface area contributed by atoms with Gasteiger partial charge >= 0.3 is 0 Å². The number of hydrogen-bond donors (Lipinski definition) is 1. The van der Waals surface area contributed by atoms with Crippen molar-refractivity contribution in [2.24, 2.45) is 5.92 Å². The molecule has 1 N–H and O–H groups in total. The van der Waals surface area contributed by atoms with Gasteiger partial charge in [-0.1, -0.05) is 18.8 Å². The van der Waals surface area contributed by atoms with Crippen LogP contribution in [0.4, 0.5) is 4.39 Å². The number of aliphatic hydroxyl groups excluding tert-OH is 1. The van der Waals surface area contributed by atoms with Crippen LogP contribution in [0.25, 0.3) is 0 Å². The molecular weight excluding hydrogens is 293 g/mol. The van der Waals surface area contributed by atoms with Gasteiger partial charge in [0.1, 0.15) is 5.82 Å². The molecule has 21 heavy (non-hydrogen) atoms. The summed E-state index contributed by atoms with van der Waals surface area (Å²) in [7, 11) is -3.63. The van der Waals surface area contributed by atoms with Crippen LogP contribution in [0.2, 0.25) is 0 Å². The summed E-state index contributed by atoms with van der Waals surface area (Å²) in [6.45, 7) is 2.86. The largest absolute Gasteiger partial charge is 0.395 e. The minimum absolute atomic E-state index is 0.0400. The number of nitrogens with zero attached hydrogens (tertiary/aromatic N) is 1. The van der Waals surface area contributed by atoms with E-state index in [-0.39, 0.29) is 23.5 Å². The fourth-order valence-corrected chi connectivity index (χ4v) is 3.82. The van der Waals surface area contributed by atoms with E-state index in [0.29, 0.717) is 19.0 Å². The summed E-state index contributed by atoms with van der Waals surface area (Å²) in [6.07, 6.45) is 1.08. The summed E-state index contributed by atoms with van der Waals surface area (Å²) in [6, 6.07) is 3.76. The van der Waals surface area contributed by atoms with Gasteiger partial charge in [-0.25, -0.2) is 12.8 Å². The lowest BCUT2D eigenvalue weighted by Gasteiger charge is -2.16. The first kappa shape index (κ1) is 16.0. The molecule has 1 aliphatic rings. The van der Waals surface area contributed by atoms with Crippen molar-refractivity contribution in [2.75, 3.05) is 19.7 Å². The minimum atomic E-state index is -3.63. The Morgan fingerprint density at radius 2 is 2.24 bits per heavy atom. The Morgan fingerprint density at radius 1 is 1.48 bits per heavy atom. The van der Waals surface area contributed by atoms with Crippen molar-refractivity contribution in [3.63, 3.8) is 0 Å². The summed E-state index contributed by atoms with van der Waals surface area (Å²) in [5.41, 5.74) is 0.136. The van der Waals surface area contributed by atoms with Gasteiger partial charge in [0.2, 0.25) is 10.0 Å². The average Bonchev–Trinajstić information content (AvgIpc) is 2.88. The van der Waals surface area contributed by atoms with Gasteiger partial charge in [-0.2, -0.15) is 4.31 Å². The highest BCUT2D eigenvalue weighted by Gasteiger charge is 2.30. The predicted octanol–water partition coefficient (Wildman–Crippen LogP) is 1.59. The number of halogens is 1. The molecule has 1 aromatic carbocycles. The minimum Gasteiger partial charge on any atom is -0.395 e. The second-order valence-electron chi connectivity index (χ2n) is 5.17. The van der Waals surface area contributed by atoms with Crippen molar-refractivity contribution in [3.8, 4) is 11.8 Å². The Hall–Kier alpha value is -1.42. The Labute approximate surface area is 124 Å².